The predicted molar refractivity (Wildman–Crippen MR) is 74.1 cm³/mol. The van der Waals surface area contributed by atoms with Crippen molar-refractivity contribution in [1.82, 2.24) is 4.98 Å². The van der Waals surface area contributed by atoms with Gasteiger partial charge in [-0.3, -0.25) is 19.9 Å². The first kappa shape index (κ1) is 13.5. The Hall–Kier alpha value is -2.96. The average Bonchev–Trinajstić information content (AvgIpc) is 2.41. The molecule has 0 bridgehead atoms. The molecule has 0 aliphatic carbocycles. The number of nitro groups is 1. The highest BCUT2D eigenvalue weighted by atomic mass is 16.6. The molecule has 7 nitrogen and oxygen atoms in total. The Balaban J connectivity index is 2.08. The van der Waals surface area contributed by atoms with E-state index in [1.807, 2.05) is 0 Å². The minimum atomic E-state index is -0.545. The molecule has 0 aliphatic heterocycles. The zero-order valence-corrected chi connectivity index (χ0v) is 10.4. The summed E-state index contributed by atoms with van der Waals surface area (Å²) >= 11 is 0. The summed E-state index contributed by atoms with van der Waals surface area (Å²) in [5, 5.41) is 13.3. The van der Waals surface area contributed by atoms with Crippen LogP contribution in [0.5, 0.6) is 0 Å². The van der Waals surface area contributed by atoms with Gasteiger partial charge < -0.3 is 11.1 Å². The molecule has 7 heteroatoms. The molecule has 0 atom stereocenters. The van der Waals surface area contributed by atoms with E-state index < -0.39 is 4.92 Å². The number of carbonyl (C=O) groups is 1. The number of rotatable bonds is 4. The van der Waals surface area contributed by atoms with Gasteiger partial charge in [-0.1, -0.05) is 12.1 Å². The van der Waals surface area contributed by atoms with E-state index in [4.69, 9.17) is 5.73 Å². The molecule has 20 heavy (non-hydrogen) atoms. The van der Waals surface area contributed by atoms with E-state index in [0.717, 1.165) is 0 Å². The summed E-state index contributed by atoms with van der Waals surface area (Å²) in [6.07, 6.45) is 1.47. The Morgan fingerprint density at radius 1 is 1.30 bits per heavy atom. The Labute approximate surface area is 114 Å². The third kappa shape index (κ3) is 3.29. The minimum absolute atomic E-state index is 0.0202. The van der Waals surface area contributed by atoms with Crippen molar-refractivity contribution in [3.8, 4) is 0 Å². The molecule has 0 unspecified atom stereocenters. The number of hydrogen-bond acceptors (Lipinski definition) is 5. The standard InChI is InChI=1S/C13H12N4O3/c14-9-5-6-10(15-8-9)7-13(18)16-11-3-1-2-4-12(11)17(19)20/h1-6,8H,7,14H2,(H,16,18). The lowest BCUT2D eigenvalue weighted by molar-refractivity contribution is -0.383. The molecular weight excluding hydrogens is 260 g/mol. The van der Waals surface area contributed by atoms with E-state index in [2.05, 4.69) is 10.3 Å². The maximum atomic E-state index is 11.8. The number of nitrogens with zero attached hydrogens (tertiary/aromatic N) is 2. The summed E-state index contributed by atoms with van der Waals surface area (Å²) in [6, 6.07) is 9.23. The highest BCUT2D eigenvalue weighted by molar-refractivity contribution is 5.94. The van der Waals surface area contributed by atoms with Crippen molar-refractivity contribution >= 4 is 23.0 Å². The van der Waals surface area contributed by atoms with Crippen LogP contribution in [0.3, 0.4) is 0 Å². The number of para-hydroxylation sites is 2. The van der Waals surface area contributed by atoms with Crippen LogP contribution in [0.2, 0.25) is 0 Å². The fourth-order valence-corrected chi connectivity index (χ4v) is 1.64. The van der Waals surface area contributed by atoms with Crippen molar-refractivity contribution in [2.24, 2.45) is 0 Å². The fraction of sp³-hybridized carbons (Fsp3) is 0.0769. The molecule has 1 heterocycles. The predicted octanol–water partition coefficient (Wildman–Crippen LogP) is 1.75. The second-order valence-electron chi connectivity index (χ2n) is 4.08. The smallest absolute Gasteiger partial charge is 0.292 e. The first-order valence-electron chi connectivity index (χ1n) is 5.80. The number of benzene rings is 1. The molecule has 0 fully saturated rings. The monoisotopic (exact) mass is 272 g/mol. The SMILES string of the molecule is Nc1ccc(CC(=O)Nc2ccccc2[N+](=O)[O-])nc1. The zero-order chi connectivity index (χ0) is 14.5. The molecule has 1 amide bonds. The third-order valence-corrected chi connectivity index (χ3v) is 2.56. The first-order valence-corrected chi connectivity index (χ1v) is 5.80. The lowest BCUT2D eigenvalue weighted by Gasteiger charge is -2.05. The van der Waals surface area contributed by atoms with Crippen molar-refractivity contribution in [3.63, 3.8) is 0 Å². The van der Waals surface area contributed by atoms with Crippen molar-refractivity contribution in [2.45, 2.75) is 6.42 Å². The third-order valence-electron chi connectivity index (χ3n) is 2.56. The van der Waals surface area contributed by atoms with Gasteiger partial charge in [-0.2, -0.15) is 0 Å². The maximum Gasteiger partial charge on any atom is 0.292 e. The molecule has 2 aromatic rings. The summed E-state index contributed by atoms with van der Waals surface area (Å²) in [5.41, 5.74) is 6.56. The number of hydrogen-bond donors (Lipinski definition) is 2. The van der Waals surface area contributed by atoms with Gasteiger partial charge in [-0.05, 0) is 18.2 Å². The van der Waals surface area contributed by atoms with Gasteiger partial charge in [0.1, 0.15) is 5.69 Å². The van der Waals surface area contributed by atoms with Crippen LogP contribution in [0.15, 0.2) is 42.6 Å². The van der Waals surface area contributed by atoms with Crippen LogP contribution in [-0.4, -0.2) is 15.8 Å². The van der Waals surface area contributed by atoms with Crippen molar-refractivity contribution in [3.05, 3.63) is 58.4 Å². The number of nitrogen functional groups attached to an aromatic ring is 1. The van der Waals surface area contributed by atoms with E-state index in [1.165, 1.54) is 24.4 Å². The van der Waals surface area contributed by atoms with Gasteiger partial charge in [0, 0.05) is 11.8 Å². The van der Waals surface area contributed by atoms with Gasteiger partial charge in [-0.25, -0.2) is 0 Å². The Kier molecular flexibility index (Phi) is 3.90. The van der Waals surface area contributed by atoms with Crippen LogP contribution in [0.1, 0.15) is 5.69 Å². The summed E-state index contributed by atoms with van der Waals surface area (Å²) in [7, 11) is 0. The first-order chi connectivity index (χ1) is 9.56. The molecule has 0 saturated heterocycles. The highest BCUT2D eigenvalue weighted by Gasteiger charge is 2.15. The van der Waals surface area contributed by atoms with Crippen LogP contribution in [-0.2, 0) is 11.2 Å². The van der Waals surface area contributed by atoms with Gasteiger partial charge in [0.25, 0.3) is 5.69 Å². The largest absolute Gasteiger partial charge is 0.397 e. The number of pyridine rings is 1. The van der Waals surface area contributed by atoms with Crippen LogP contribution < -0.4 is 11.1 Å². The second-order valence-corrected chi connectivity index (χ2v) is 4.08. The summed E-state index contributed by atoms with van der Waals surface area (Å²) in [5.74, 6) is -0.378. The Morgan fingerprint density at radius 2 is 2.05 bits per heavy atom. The average molecular weight is 272 g/mol. The number of nitrogens with two attached hydrogens (primary N) is 1. The van der Waals surface area contributed by atoms with Crippen molar-refractivity contribution < 1.29 is 9.72 Å². The Morgan fingerprint density at radius 3 is 2.70 bits per heavy atom. The normalized spacial score (nSPS) is 10.0. The molecule has 0 saturated carbocycles. The number of carbonyl (C=O) groups excluding carboxylic acids is 1. The van der Waals surface area contributed by atoms with E-state index in [0.29, 0.717) is 11.4 Å². The topological polar surface area (TPSA) is 111 Å². The molecular formula is C13H12N4O3. The van der Waals surface area contributed by atoms with Crippen LogP contribution in [0, 0.1) is 10.1 Å². The fourth-order valence-electron chi connectivity index (χ4n) is 1.64. The van der Waals surface area contributed by atoms with Crippen LogP contribution in [0.25, 0.3) is 0 Å². The maximum absolute atomic E-state index is 11.8. The Bertz CT molecular complexity index is 640. The molecule has 102 valence electrons. The van der Waals surface area contributed by atoms with E-state index in [1.54, 1.807) is 18.2 Å². The lowest BCUT2D eigenvalue weighted by atomic mass is 10.2. The van der Waals surface area contributed by atoms with E-state index >= 15 is 0 Å². The van der Waals surface area contributed by atoms with Crippen molar-refractivity contribution in [1.29, 1.82) is 0 Å². The van der Waals surface area contributed by atoms with Crippen molar-refractivity contribution in [2.75, 3.05) is 11.1 Å². The number of nitro benzene ring substituents is 1. The highest BCUT2D eigenvalue weighted by Crippen LogP contribution is 2.23. The molecule has 0 aliphatic rings. The number of anilines is 2. The molecule has 1 aromatic heterocycles. The number of aromatic nitrogens is 1. The minimum Gasteiger partial charge on any atom is -0.397 e. The second kappa shape index (κ2) is 5.79. The zero-order valence-electron chi connectivity index (χ0n) is 10.4. The number of amides is 1. The molecule has 0 radical (unpaired) electrons. The number of nitrogens with one attached hydrogen (secondary N) is 1. The van der Waals surface area contributed by atoms with Gasteiger partial charge in [0.2, 0.25) is 5.91 Å². The molecule has 2 rings (SSSR count). The van der Waals surface area contributed by atoms with Crippen LogP contribution in [0.4, 0.5) is 17.1 Å². The quantitative estimate of drug-likeness (QED) is 0.650. The van der Waals surface area contributed by atoms with E-state index in [-0.39, 0.29) is 23.7 Å². The lowest BCUT2D eigenvalue weighted by Crippen LogP contribution is -2.16. The van der Waals surface area contributed by atoms with E-state index in [9.17, 15) is 14.9 Å². The van der Waals surface area contributed by atoms with Gasteiger partial charge in [0.15, 0.2) is 0 Å². The molecule has 0 spiro atoms. The van der Waals surface area contributed by atoms with Gasteiger partial charge in [-0.15, -0.1) is 0 Å². The molecule has 3 N–H and O–H groups in total. The summed E-state index contributed by atoms with van der Waals surface area (Å²) < 4.78 is 0. The van der Waals surface area contributed by atoms with Gasteiger partial charge in [0.05, 0.1) is 23.2 Å². The molecule has 1 aromatic carbocycles. The van der Waals surface area contributed by atoms with Crippen LogP contribution >= 0.6 is 0 Å². The van der Waals surface area contributed by atoms with Gasteiger partial charge >= 0.3 is 0 Å². The summed E-state index contributed by atoms with van der Waals surface area (Å²) in [4.78, 5) is 26.1. The summed E-state index contributed by atoms with van der Waals surface area (Å²) in [6.45, 7) is 0.